The summed E-state index contributed by atoms with van der Waals surface area (Å²) in [4.78, 5) is 62.5. The molecular formula is C31H25ClF2N4O8. The first-order valence-electron chi connectivity index (χ1n) is 13.8. The minimum absolute atomic E-state index is 0.00223. The van der Waals surface area contributed by atoms with E-state index in [1.54, 1.807) is 0 Å². The molecule has 1 aliphatic rings. The Morgan fingerprint density at radius 2 is 1.76 bits per heavy atom. The van der Waals surface area contributed by atoms with Gasteiger partial charge in [0.05, 0.1) is 22.0 Å². The van der Waals surface area contributed by atoms with Crippen molar-refractivity contribution < 1.29 is 42.4 Å². The van der Waals surface area contributed by atoms with E-state index in [4.69, 9.17) is 21.1 Å². The number of ether oxygens (including phenoxy) is 2. The molecule has 1 aliphatic heterocycles. The zero-order valence-corrected chi connectivity index (χ0v) is 24.8. The van der Waals surface area contributed by atoms with Crippen LogP contribution in [0, 0.1) is 15.9 Å². The number of nitrogens with zero attached hydrogens (tertiary/aromatic N) is 3. The second-order valence-electron chi connectivity index (χ2n) is 10.4. The van der Waals surface area contributed by atoms with E-state index in [-0.39, 0.29) is 65.2 Å². The summed E-state index contributed by atoms with van der Waals surface area (Å²) in [6.07, 6.45) is -1.44. The molecule has 238 valence electrons. The Kier molecular flexibility index (Phi) is 9.28. The summed E-state index contributed by atoms with van der Waals surface area (Å²) in [6.45, 7) is 0.383. The molecular weight excluding hydrogens is 630 g/mol. The minimum atomic E-state index is -1.47. The topological polar surface area (TPSA) is 150 Å². The number of hydrogen-bond acceptors (Lipinski definition) is 8. The number of ketones is 1. The fourth-order valence-corrected chi connectivity index (χ4v) is 5.32. The van der Waals surface area contributed by atoms with Gasteiger partial charge >= 0.3 is 6.16 Å². The maximum Gasteiger partial charge on any atom is 0.519 e. The third-order valence-corrected chi connectivity index (χ3v) is 7.64. The van der Waals surface area contributed by atoms with Crippen LogP contribution >= 0.6 is 11.6 Å². The average molecular weight is 655 g/mol. The smallest absolute Gasteiger partial charge is 0.395 e. The molecule has 15 heteroatoms. The van der Waals surface area contributed by atoms with Gasteiger partial charge in [0.1, 0.15) is 36.1 Å². The number of nitro groups is 1. The Hall–Kier alpha value is -5.37. The lowest BCUT2D eigenvalue weighted by atomic mass is 10.1. The highest BCUT2D eigenvalue weighted by molar-refractivity contribution is 6.30. The number of alkyl halides is 1. The maximum absolute atomic E-state index is 14.5. The van der Waals surface area contributed by atoms with Gasteiger partial charge in [0, 0.05) is 53.9 Å². The fraction of sp³-hybridized carbons (Fsp3) is 0.226. The second-order valence-corrected chi connectivity index (χ2v) is 10.8. The van der Waals surface area contributed by atoms with E-state index in [1.165, 1.54) is 66.2 Å². The van der Waals surface area contributed by atoms with Crippen molar-refractivity contribution in [1.82, 2.24) is 14.8 Å². The molecule has 12 nitrogen and oxygen atoms in total. The van der Waals surface area contributed by atoms with Crippen LogP contribution in [-0.2, 0) is 22.7 Å². The van der Waals surface area contributed by atoms with Crippen molar-refractivity contribution in [2.75, 3.05) is 6.54 Å². The van der Waals surface area contributed by atoms with Gasteiger partial charge in [-0.2, -0.15) is 0 Å². The molecule has 2 amide bonds. The van der Waals surface area contributed by atoms with Crippen LogP contribution in [0.5, 0.6) is 11.5 Å². The number of non-ortho nitro benzene ring substituents is 1. The van der Waals surface area contributed by atoms with Crippen LogP contribution in [0.3, 0.4) is 0 Å². The maximum atomic E-state index is 14.5. The van der Waals surface area contributed by atoms with E-state index >= 15 is 0 Å². The Balaban J connectivity index is 1.32. The molecule has 0 bridgehead atoms. The van der Waals surface area contributed by atoms with E-state index in [0.717, 1.165) is 17.0 Å². The predicted molar refractivity (Wildman–Crippen MR) is 160 cm³/mol. The Morgan fingerprint density at radius 1 is 1.07 bits per heavy atom. The van der Waals surface area contributed by atoms with E-state index in [2.05, 4.69) is 5.32 Å². The molecule has 46 heavy (non-hydrogen) atoms. The van der Waals surface area contributed by atoms with E-state index in [1.807, 2.05) is 0 Å². The molecule has 1 fully saturated rings. The molecule has 0 saturated carbocycles. The summed E-state index contributed by atoms with van der Waals surface area (Å²) < 4.78 is 40.5. The number of carbonyl (C=O) groups is 4. The van der Waals surface area contributed by atoms with Crippen LogP contribution in [0.1, 0.15) is 29.3 Å². The molecule has 4 aromatic rings. The van der Waals surface area contributed by atoms with Gasteiger partial charge < -0.3 is 24.3 Å². The van der Waals surface area contributed by atoms with Crippen LogP contribution in [-0.4, -0.2) is 56.9 Å². The Labute approximate surface area is 264 Å². The fourth-order valence-electron chi connectivity index (χ4n) is 5.13. The molecule has 5 rings (SSSR count). The Bertz CT molecular complexity index is 1860. The zero-order chi connectivity index (χ0) is 33.1. The number of nitrogens with one attached hydrogen (secondary N) is 1. The van der Waals surface area contributed by atoms with Crippen molar-refractivity contribution in [2.45, 2.75) is 38.6 Å². The summed E-state index contributed by atoms with van der Waals surface area (Å²) in [7, 11) is 0. The van der Waals surface area contributed by atoms with Gasteiger partial charge in [0.2, 0.25) is 11.8 Å². The summed E-state index contributed by atoms with van der Waals surface area (Å²) in [5.74, 6) is -2.30. The van der Waals surface area contributed by atoms with Gasteiger partial charge in [-0.05, 0) is 37.3 Å². The second kappa shape index (κ2) is 13.3. The molecule has 0 radical (unpaired) electrons. The number of amides is 2. The summed E-state index contributed by atoms with van der Waals surface area (Å²) in [5.41, 5.74) is 0.524. The molecule has 0 unspecified atom stereocenters. The Morgan fingerprint density at radius 3 is 2.46 bits per heavy atom. The summed E-state index contributed by atoms with van der Waals surface area (Å²) in [5, 5.41) is 13.7. The molecule has 2 heterocycles. The summed E-state index contributed by atoms with van der Waals surface area (Å²) >= 11 is 5.80. The number of aromatic nitrogens is 1. The van der Waals surface area contributed by atoms with Gasteiger partial charge in [-0.15, -0.1) is 0 Å². The lowest BCUT2D eigenvalue weighted by molar-refractivity contribution is -0.384. The SMILES string of the molecule is CC(=O)c1cn(CC(=O)N2C[C@H](F)C[C@H]2C(=O)NCc2cccc(Cl)c2F)c2cc(OC(=O)Oc3ccc([N+](=O)[O-])cc3)ccc12. The first kappa shape index (κ1) is 32.0. The van der Waals surface area contributed by atoms with Gasteiger partial charge in [-0.1, -0.05) is 23.7 Å². The van der Waals surface area contributed by atoms with E-state index in [9.17, 15) is 38.1 Å². The number of carbonyl (C=O) groups excluding carboxylic acids is 4. The molecule has 1 N–H and O–H groups in total. The molecule has 1 saturated heterocycles. The number of halogens is 3. The van der Waals surface area contributed by atoms with E-state index < -0.39 is 40.9 Å². The number of benzene rings is 3. The third kappa shape index (κ3) is 6.96. The number of Topliss-reactive ketones (excluding diaryl/α,β-unsaturated/α-hetero) is 1. The van der Waals surface area contributed by atoms with Crippen molar-refractivity contribution in [3.8, 4) is 11.5 Å². The first-order chi connectivity index (χ1) is 21.9. The van der Waals surface area contributed by atoms with Crippen molar-refractivity contribution in [3.05, 3.63) is 98.9 Å². The van der Waals surface area contributed by atoms with Crippen molar-refractivity contribution in [2.24, 2.45) is 0 Å². The van der Waals surface area contributed by atoms with Crippen LogP contribution < -0.4 is 14.8 Å². The van der Waals surface area contributed by atoms with Crippen molar-refractivity contribution in [3.63, 3.8) is 0 Å². The first-order valence-corrected chi connectivity index (χ1v) is 14.2. The van der Waals surface area contributed by atoms with Gasteiger partial charge in [-0.25, -0.2) is 13.6 Å². The number of rotatable bonds is 9. The van der Waals surface area contributed by atoms with Crippen molar-refractivity contribution in [1.29, 1.82) is 0 Å². The standard InChI is InChI=1S/C31H25ClF2N4O8/c1-17(39)24-15-36(26-12-22(9-10-23(24)26)46-31(42)45-21-7-5-20(6-8-21)38(43)44)16-28(40)37-14-19(33)11-27(37)30(41)35-13-18-3-2-4-25(32)29(18)34/h2-10,12,15,19,27H,11,13-14,16H2,1H3,(H,35,41)/t19-,27+/m1/s1. The third-order valence-electron chi connectivity index (χ3n) is 7.35. The van der Waals surface area contributed by atoms with Gasteiger partial charge in [-0.3, -0.25) is 24.5 Å². The molecule has 0 aliphatic carbocycles. The molecule has 2 atom stereocenters. The number of likely N-dealkylation sites (tertiary alicyclic amines) is 1. The van der Waals surface area contributed by atoms with Crippen LogP contribution in [0.4, 0.5) is 19.3 Å². The molecule has 0 spiro atoms. The van der Waals surface area contributed by atoms with Crippen molar-refractivity contribution >= 4 is 51.9 Å². The predicted octanol–water partition coefficient (Wildman–Crippen LogP) is 5.38. The average Bonchev–Trinajstić information content (AvgIpc) is 3.58. The number of hydrogen-bond donors (Lipinski definition) is 1. The quantitative estimate of drug-likeness (QED) is 0.0831. The highest BCUT2D eigenvalue weighted by atomic mass is 35.5. The van der Waals surface area contributed by atoms with Crippen LogP contribution in [0.25, 0.3) is 10.9 Å². The number of fused-ring (bicyclic) bond motifs is 1. The lowest BCUT2D eigenvalue weighted by Gasteiger charge is -2.24. The van der Waals surface area contributed by atoms with Crippen LogP contribution in [0.15, 0.2) is 66.9 Å². The lowest BCUT2D eigenvalue weighted by Crippen LogP contribution is -2.46. The number of nitro benzene ring substituents is 1. The van der Waals surface area contributed by atoms with Crippen LogP contribution in [0.2, 0.25) is 5.02 Å². The molecule has 1 aromatic heterocycles. The zero-order valence-electron chi connectivity index (χ0n) is 24.1. The monoisotopic (exact) mass is 654 g/mol. The van der Waals surface area contributed by atoms with E-state index in [0.29, 0.717) is 10.9 Å². The normalized spacial score (nSPS) is 15.9. The summed E-state index contributed by atoms with van der Waals surface area (Å²) in [6, 6.07) is 12.2. The minimum Gasteiger partial charge on any atom is -0.395 e. The highest BCUT2D eigenvalue weighted by Crippen LogP contribution is 2.29. The van der Waals surface area contributed by atoms with Gasteiger partial charge in [0.15, 0.2) is 5.78 Å². The van der Waals surface area contributed by atoms with Gasteiger partial charge in [0.25, 0.3) is 5.69 Å². The molecule has 3 aromatic carbocycles. The largest absolute Gasteiger partial charge is 0.519 e. The highest BCUT2D eigenvalue weighted by Gasteiger charge is 2.40.